The van der Waals surface area contributed by atoms with Gasteiger partial charge in [0.05, 0.1) is 31.0 Å². The number of hydrogen-bond donors (Lipinski definition) is 1. The summed E-state index contributed by atoms with van der Waals surface area (Å²) < 4.78 is 9.50. The summed E-state index contributed by atoms with van der Waals surface area (Å²) in [6.07, 6.45) is 0. The molecular formula is C16H15NO4. The second-order valence-electron chi connectivity index (χ2n) is 4.20. The highest BCUT2D eigenvalue weighted by Gasteiger charge is 2.20. The van der Waals surface area contributed by atoms with E-state index in [9.17, 15) is 9.59 Å². The predicted octanol–water partition coefficient (Wildman–Crippen LogP) is 3.00. The number of ether oxygens (including phenoxy) is 2. The maximum absolute atomic E-state index is 11.9. The Labute approximate surface area is 122 Å². The van der Waals surface area contributed by atoms with Crippen molar-refractivity contribution in [2.24, 2.45) is 0 Å². The molecule has 1 N–H and O–H groups in total. The molecule has 0 saturated heterocycles. The molecule has 0 unspecified atom stereocenters. The monoisotopic (exact) mass is 285 g/mol. The quantitative estimate of drug-likeness (QED) is 0.875. The summed E-state index contributed by atoms with van der Waals surface area (Å²) in [5, 5.41) is 3.07. The van der Waals surface area contributed by atoms with E-state index in [1.807, 2.05) is 30.3 Å². The van der Waals surface area contributed by atoms with Crippen LogP contribution in [0.1, 0.15) is 20.7 Å². The first-order chi connectivity index (χ1) is 10.2. The number of anilines is 2. The summed E-state index contributed by atoms with van der Waals surface area (Å²) in [4.78, 5) is 23.7. The number of benzene rings is 2. The van der Waals surface area contributed by atoms with E-state index in [0.717, 1.165) is 5.69 Å². The van der Waals surface area contributed by atoms with Crippen molar-refractivity contribution >= 4 is 23.3 Å². The fourth-order valence-electron chi connectivity index (χ4n) is 1.91. The smallest absolute Gasteiger partial charge is 0.340 e. The zero-order chi connectivity index (χ0) is 15.2. The van der Waals surface area contributed by atoms with Crippen LogP contribution in [-0.2, 0) is 9.47 Å². The molecule has 2 aromatic rings. The van der Waals surface area contributed by atoms with Gasteiger partial charge in [0.15, 0.2) is 0 Å². The minimum absolute atomic E-state index is 0.268. The molecule has 0 bridgehead atoms. The lowest BCUT2D eigenvalue weighted by molar-refractivity contribution is 0.0601. The lowest BCUT2D eigenvalue weighted by Gasteiger charge is -2.14. The van der Waals surface area contributed by atoms with Crippen molar-refractivity contribution in [2.75, 3.05) is 19.5 Å². The molecule has 0 saturated carbocycles. The van der Waals surface area contributed by atoms with Gasteiger partial charge in [0, 0.05) is 5.69 Å². The fourth-order valence-corrected chi connectivity index (χ4v) is 1.91. The van der Waals surface area contributed by atoms with Gasteiger partial charge in [-0.25, -0.2) is 9.59 Å². The molecule has 0 aliphatic carbocycles. The minimum Gasteiger partial charge on any atom is -0.465 e. The maximum Gasteiger partial charge on any atom is 0.340 e. The van der Waals surface area contributed by atoms with Gasteiger partial charge in [-0.2, -0.15) is 0 Å². The molecule has 0 radical (unpaired) electrons. The lowest BCUT2D eigenvalue weighted by Crippen LogP contribution is -2.12. The Morgan fingerprint density at radius 2 is 1.33 bits per heavy atom. The van der Waals surface area contributed by atoms with Crippen molar-refractivity contribution < 1.29 is 19.1 Å². The van der Waals surface area contributed by atoms with Crippen molar-refractivity contribution in [1.82, 2.24) is 0 Å². The van der Waals surface area contributed by atoms with E-state index < -0.39 is 11.9 Å². The SMILES string of the molecule is COC(=O)c1cccc(C(=O)OC)c1Nc1ccccc1. The molecule has 2 aromatic carbocycles. The number of methoxy groups -OCH3 is 2. The highest BCUT2D eigenvalue weighted by Crippen LogP contribution is 2.26. The molecule has 0 atom stereocenters. The van der Waals surface area contributed by atoms with Crippen molar-refractivity contribution in [3.63, 3.8) is 0 Å². The molecule has 0 aromatic heterocycles. The zero-order valence-corrected chi connectivity index (χ0v) is 11.8. The first-order valence-corrected chi connectivity index (χ1v) is 6.29. The van der Waals surface area contributed by atoms with E-state index >= 15 is 0 Å². The number of carbonyl (C=O) groups is 2. The van der Waals surface area contributed by atoms with Crippen LogP contribution < -0.4 is 5.32 Å². The van der Waals surface area contributed by atoms with E-state index in [4.69, 9.17) is 9.47 Å². The Hall–Kier alpha value is -2.82. The minimum atomic E-state index is -0.529. The van der Waals surface area contributed by atoms with E-state index in [0.29, 0.717) is 5.69 Å². The molecule has 21 heavy (non-hydrogen) atoms. The van der Waals surface area contributed by atoms with Gasteiger partial charge in [-0.15, -0.1) is 0 Å². The third kappa shape index (κ3) is 3.20. The molecule has 0 spiro atoms. The molecule has 0 amide bonds. The molecule has 0 heterocycles. The van der Waals surface area contributed by atoms with Gasteiger partial charge in [0.25, 0.3) is 0 Å². The average molecular weight is 285 g/mol. The van der Waals surface area contributed by atoms with Gasteiger partial charge in [0.1, 0.15) is 0 Å². The van der Waals surface area contributed by atoms with Crippen LogP contribution in [0.4, 0.5) is 11.4 Å². The summed E-state index contributed by atoms with van der Waals surface area (Å²) in [5.74, 6) is -1.06. The predicted molar refractivity (Wildman–Crippen MR) is 78.8 cm³/mol. The standard InChI is InChI=1S/C16H15NO4/c1-20-15(18)12-9-6-10-13(16(19)21-2)14(12)17-11-7-4-3-5-8-11/h3-10,17H,1-2H3. The Morgan fingerprint density at radius 3 is 1.81 bits per heavy atom. The second kappa shape index (κ2) is 6.56. The first-order valence-electron chi connectivity index (χ1n) is 6.29. The highest BCUT2D eigenvalue weighted by molar-refractivity contribution is 6.05. The largest absolute Gasteiger partial charge is 0.465 e. The Bertz CT molecular complexity index is 618. The maximum atomic E-state index is 11.9. The van der Waals surface area contributed by atoms with Crippen LogP contribution in [0.3, 0.4) is 0 Å². The number of rotatable bonds is 4. The third-order valence-corrected chi connectivity index (χ3v) is 2.92. The fraction of sp³-hybridized carbons (Fsp3) is 0.125. The second-order valence-corrected chi connectivity index (χ2v) is 4.20. The van der Waals surface area contributed by atoms with Crippen LogP contribution in [0.5, 0.6) is 0 Å². The number of hydrogen-bond acceptors (Lipinski definition) is 5. The summed E-state index contributed by atoms with van der Waals surface area (Å²) in [6.45, 7) is 0. The van der Waals surface area contributed by atoms with Crippen LogP contribution in [0.25, 0.3) is 0 Å². The van der Waals surface area contributed by atoms with Crippen molar-refractivity contribution in [2.45, 2.75) is 0 Å². The first kappa shape index (κ1) is 14.6. The Morgan fingerprint density at radius 1 is 0.810 bits per heavy atom. The summed E-state index contributed by atoms with van der Waals surface area (Å²) >= 11 is 0. The van der Waals surface area contributed by atoms with Crippen LogP contribution in [0.15, 0.2) is 48.5 Å². The molecule has 108 valence electrons. The Kier molecular flexibility index (Phi) is 4.56. The van der Waals surface area contributed by atoms with E-state index in [1.54, 1.807) is 18.2 Å². The topological polar surface area (TPSA) is 64.6 Å². The molecule has 5 nitrogen and oxygen atoms in total. The van der Waals surface area contributed by atoms with Gasteiger partial charge in [-0.05, 0) is 24.3 Å². The van der Waals surface area contributed by atoms with E-state index in [2.05, 4.69) is 5.32 Å². The van der Waals surface area contributed by atoms with Crippen LogP contribution in [-0.4, -0.2) is 26.2 Å². The van der Waals surface area contributed by atoms with Crippen molar-refractivity contribution in [3.05, 3.63) is 59.7 Å². The normalized spacial score (nSPS) is 9.81. The Balaban J connectivity index is 2.53. The number of nitrogens with one attached hydrogen (secondary N) is 1. The average Bonchev–Trinajstić information content (AvgIpc) is 2.54. The summed E-state index contributed by atoms with van der Waals surface area (Å²) in [6, 6.07) is 14.0. The summed E-state index contributed by atoms with van der Waals surface area (Å²) in [7, 11) is 2.58. The number of esters is 2. The molecule has 0 aliphatic rings. The van der Waals surface area contributed by atoms with Gasteiger partial charge in [-0.1, -0.05) is 24.3 Å². The molecular weight excluding hydrogens is 270 g/mol. The van der Waals surface area contributed by atoms with E-state index in [-0.39, 0.29) is 11.1 Å². The third-order valence-electron chi connectivity index (χ3n) is 2.92. The molecule has 5 heteroatoms. The van der Waals surface area contributed by atoms with Crippen molar-refractivity contribution in [3.8, 4) is 0 Å². The highest BCUT2D eigenvalue weighted by atomic mass is 16.5. The van der Waals surface area contributed by atoms with Gasteiger partial charge >= 0.3 is 11.9 Å². The number of carbonyl (C=O) groups excluding carboxylic acids is 2. The zero-order valence-electron chi connectivity index (χ0n) is 11.8. The molecule has 0 fully saturated rings. The summed E-state index contributed by atoms with van der Waals surface area (Å²) in [5.41, 5.74) is 1.65. The molecule has 0 aliphatic heterocycles. The van der Waals surface area contributed by atoms with Crippen LogP contribution >= 0.6 is 0 Å². The van der Waals surface area contributed by atoms with Gasteiger partial charge < -0.3 is 14.8 Å². The van der Waals surface area contributed by atoms with E-state index in [1.165, 1.54) is 14.2 Å². The number of para-hydroxylation sites is 2. The van der Waals surface area contributed by atoms with Gasteiger partial charge in [-0.3, -0.25) is 0 Å². The molecule has 2 rings (SSSR count). The van der Waals surface area contributed by atoms with Crippen LogP contribution in [0, 0.1) is 0 Å². The van der Waals surface area contributed by atoms with Crippen LogP contribution in [0.2, 0.25) is 0 Å². The van der Waals surface area contributed by atoms with Gasteiger partial charge in [0.2, 0.25) is 0 Å². The lowest BCUT2D eigenvalue weighted by atomic mass is 10.1. The van der Waals surface area contributed by atoms with Crippen molar-refractivity contribution in [1.29, 1.82) is 0 Å².